The van der Waals surface area contributed by atoms with Crippen LogP contribution in [0.25, 0.3) is 50.0 Å². The summed E-state index contributed by atoms with van der Waals surface area (Å²) in [5.74, 6) is 0.891. The Balaban J connectivity index is 1.38. The lowest BCUT2D eigenvalue weighted by Gasteiger charge is -2.28. The zero-order valence-electron chi connectivity index (χ0n) is 24.0. The van der Waals surface area contributed by atoms with Gasteiger partial charge in [-0.15, -0.1) is 0 Å². The van der Waals surface area contributed by atoms with E-state index in [4.69, 9.17) is 9.97 Å². The molecule has 0 saturated carbocycles. The molecule has 0 spiro atoms. The predicted molar refractivity (Wildman–Crippen MR) is 181 cm³/mol. The van der Waals surface area contributed by atoms with Gasteiger partial charge in [-0.2, -0.15) is 0 Å². The Labute approximate surface area is 255 Å². The average Bonchev–Trinajstić information content (AvgIpc) is 3.62. The highest BCUT2D eigenvalue weighted by Crippen LogP contribution is 2.52. The third-order valence-corrected chi connectivity index (χ3v) is 8.93. The Kier molecular flexibility index (Phi) is 5.60. The Morgan fingerprint density at radius 1 is 0.545 bits per heavy atom. The summed E-state index contributed by atoms with van der Waals surface area (Å²) in [5.41, 5.74) is 9.91. The van der Waals surface area contributed by atoms with Crippen LogP contribution in [0.3, 0.4) is 0 Å². The maximum absolute atomic E-state index is 5.31. The summed E-state index contributed by atoms with van der Waals surface area (Å²) in [7, 11) is 0. The summed E-state index contributed by atoms with van der Waals surface area (Å²) in [4.78, 5) is 13.0. The van der Waals surface area contributed by atoms with Crippen molar-refractivity contribution in [2.24, 2.45) is 0 Å². The summed E-state index contributed by atoms with van der Waals surface area (Å²) in [6, 6.07) is 47.0. The topological polar surface area (TPSA) is 34.0 Å². The van der Waals surface area contributed by atoms with Crippen LogP contribution in [0.1, 0.15) is 11.5 Å². The number of benzene rings is 5. The van der Waals surface area contributed by atoms with E-state index in [1.165, 1.54) is 27.4 Å². The normalized spacial score (nSPS) is 16.9. The highest BCUT2D eigenvalue weighted by molar-refractivity contribution is 6.15. The molecule has 2 aliphatic rings. The van der Waals surface area contributed by atoms with E-state index in [2.05, 4.69) is 155 Å². The first-order valence-electron chi connectivity index (χ1n) is 15.1. The Bertz CT molecular complexity index is 2170. The van der Waals surface area contributed by atoms with E-state index >= 15 is 0 Å². The van der Waals surface area contributed by atoms with Crippen LogP contribution in [0, 0.1) is 0 Å². The van der Waals surface area contributed by atoms with Gasteiger partial charge in [-0.3, -0.25) is 0 Å². The van der Waals surface area contributed by atoms with E-state index in [-0.39, 0.29) is 12.0 Å². The first-order valence-corrected chi connectivity index (χ1v) is 15.1. The van der Waals surface area contributed by atoms with Gasteiger partial charge in [-0.05, 0) is 29.8 Å². The molecule has 3 heterocycles. The molecular weight excluding hydrogens is 536 g/mol. The number of hydrogen-bond donors (Lipinski definition) is 0. The molecule has 0 bridgehead atoms. The Morgan fingerprint density at radius 3 is 1.86 bits per heavy atom. The molecular formula is C40H28N4. The van der Waals surface area contributed by atoms with Crippen molar-refractivity contribution in [3.63, 3.8) is 0 Å². The van der Waals surface area contributed by atoms with E-state index in [0.29, 0.717) is 5.95 Å². The van der Waals surface area contributed by atoms with Crippen LogP contribution in [0.5, 0.6) is 0 Å². The number of allylic oxidation sites excluding steroid dienone is 2. The summed E-state index contributed by atoms with van der Waals surface area (Å²) in [6.45, 7) is 0. The fraction of sp³-hybridized carbons (Fsp3) is 0.0500. The summed E-state index contributed by atoms with van der Waals surface area (Å²) >= 11 is 0. The highest BCUT2D eigenvalue weighted by Gasteiger charge is 2.41. The number of para-hydroxylation sites is 2. The lowest BCUT2D eigenvalue weighted by atomic mass is 9.91. The van der Waals surface area contributed by atoms with Gasteiger partial charge in [-0.25, -0.2) is 9.97 Å². The van der Waals surface area contributed by atoms with Gasteiger partial charge in [0.05, 0.1) is 34.2 Å². The number of hydrogen-bond acceptors (Lipinski definition) is 3. The lowest BCUT2D eigenvalue weighted by molar-refractivity contribution is 0.730. The van der Waals surface area contributed by atoms with E-state index in [9.17, 15) is 0 Å². The second kappa shape index (κ2) is 9.92. The van der Waals surface area contributed by atoms with Crippen molar-refractivity contribution in [2.45, 2.75) is 12.0 Å². The summed E-state index contributed by atoms with van der Waals surface area (Å²) in [6.07, 6.45) is 8.95. The predicted octanol–water partition coefficient (Wildman–Crippen LogP) is 9.64. The van der Waals surface area contributed by atoms with Crippen LogP contribution in [0.4, 0.5) is 11.6 Å². The zero-order valence-corrected chi connectivity index (χ0v) is 24.0. The van der Waals surface area contributed by atoms with E-state index in [1.54, 1.807) is 0 Å². The molecule has 0 saturated heterocycles. The molecule has 4 nitrogen and oxygen atoms in total. The minimum Gasteiger partial charge on any atom is -0.307 e. The van der Waals surface area contributed by atoms with Crippen molar-refractivity contribution < 1.29 is 0 Å². The molecule has 0 radical (unpaired) electrons. The van der Waals surface area contributed by atoms with Gasteiger partial charge in [0.25, 0.3) is 0 Å². The Hall–Kier alpha value is -5.74. The fourth-order valence-corrected chi connectivity index (χ4v) is 6.99. The molecule has 2 atom stereocenters. The molecule has 5 aromatic carbocycles. The minimum atomic E-state index is 0.0532. The van der Waals surface area contributed by atoms with Crippen LogP contribution in [-0.2, 0) is 0 Å². The van der Waals surface area contributed by atoms with Crippen molar-refractivity contribution in [3.05, 3.63) is 163 Å². The quantitative estimate of drug-likeness (QED) is 0.213. The standard InChI is InChI=1S/C40H28N4/c1-4-14-27(15-5-1)34-26-35(28-16-6-2-7-17-28)42-40(41-34)44-37-23-13-11-21-31(37)33-25-24-32-30-20-10-12-22-36(30)43(38(32)39(33)44)29-18-8-3-9-19-29/h1-26,31,37H. The molecule has 0 N–H and O–H groups in total. The third kappa shape index (κ3) is 3.78. The van der Waals surface area contributed by atoms with Crippen molar-refractivity contribution in [2.75, 3.05) is 4.90 Å². The van der Waals surface area contributed by atoms with Gasteiger partial charge in [0.1, 0.15) is 0 Å². The number of fused-ring (bicyclic) bond motifs is 7. The maximum atomic E-state index is 5.31. The van der Waals surface area contributed by atoms with Crippen LogP contribution < -0.4 is 4.90 Å². The van der Waals surface area contributed by atoms with Crippen LogP contribution in [0.2, 0.25) is 0 Å². The van der Waals surface area contributed by atoms with Gasteiger partial charge in [0.15, 0.2) is 0 Å². The van der Waals surface area contributed by atoms with Crippen molar-refractivity contribution in [1.82, 2.24) is 14.5 Å². The molecule has 1 aliphatic carbocycles. The van der Waals surface area contributed by atoms with Gasteiger partial charge in [-0.1, -0.05) is 133 Å². The molecule has 208 valence electrons. The Morgan fingerprint density at radius 2 is 1.16 bits per heavy atom. The lowest BCUT2D eigenvalue weighted by Crippen LogP contribution is -2.30. The van der Waals surface area contributed by atoms with E-state index < -0.39 is 0 Å². The molecule has 1 aliphatic heterocycles. The third-order valence-electron chi connectivity index (χ3n) is 8.93. The monoisotopic (exact) mass is 564 g/mol. The maximum Gasteiger partial charge on any atom is 0.231 e. The van der Waals surface area contributed by atoms with Crippen molar-refractivity contribution in [1.29, 1.82) is 0 Å². The van der Waals surface area contributed by atoms with Gasteiger partial charge < -0.3 is 9.47 Å². The molecule has 9 rings (SSSR count). The van der Waals surface area contributed by atoms with Crippen LogP contribution in [0.15, 0.2) is 158 Å². The van der Waals surface area contributed by atoms with Crippen LogP contribution in [-0.4, -0.2) is 20.6 Å². The molecule has 4 heteroatoms. The molecule has 7 aromatic rings. The zero-order chi connectivity index (χ0) is 29.0. The number of nitrogens with zero attached hydrogens (tertiary/aromatic N) is 4. The minimum absolute atomic E-state index is 0.0532. The van der Waals surface area contributed by atoms with Crippen molar-refractivity contribution in [3.8, 4) is 28.2 Å². The summed E-state index contributed by atoms with van der Waals surface area (Å²) < 4.78 is 2.42. The number of aromatic nitrogens is 3. The molecule has 44 heavy (non-hydrogen) atoms. The molecule has 2 unspecified atom stereocenters. The van der Waals surface area contributed by atoms with Gasteiger partial charge >= 0.3 is 0 Å². The van der Waals surface area contributed by atoms with Crippen molar-refractivity contribution >= 4 is 33.4 Å². The average molecular weight is 565 g/mol. The first-order chi connectivity index (χ1) is 21.8. The molecule has 0 amide bonds. The largest absolute Gasteiger partial charge is 0.307 e. The molecule has 2 aromatic heterocycles. The van der Waals surface area contributed by atoms with Gasteiger partial charge in [0.2, 0.25) is 5.95 Å². The smallest absolute Gasteiger partial charge is 0.231 e. The van der Waals surface area contributed by atoms with Crippen LogP contribution >= 0.6 is 0 Å². The SMILES string of the molecule is C1=CC2c3ccc4c5ccccc5n(-c5ccccc5)c4c3N(c3nc(-c4ccccc4)cc(-c4ccccc4)n3)C2C=C1. The van der Waals surface area contributed by atoms with E-state index in [1.807, 2.05) is 12.1 Å². The number of anilines is 2. The molecule has 0 fully saturated rings. The second-order valence-electron chi connectivity index (χ2n) is 11.4. The first kappa shape index (κ1) is 24.8. The number of rotatable bonds is 4. The second-order valence-corrected chi connectivity index (χ2v) is 11.4. The fourth-order valence-electron chi connectivity index (χ4n) is 6.99. The van der Waals surface area contributed by atoms with Gasteiger partial charge in [0, 0.05) is 33.5 Å². The highest BCUT2D eigenvalue weighted by atomic mass is 15.3. The van der Waals surface area contributed by atoms with E-state index in [0.717, 1.165) is 33.9 Å². The summed E-state index contributed by atoms with van der Waals surface area (Å²) in [5, 5.41) is 2.46.